The molecule has 0 aliphatic heterocycles. The molecule has 0 amide bonds. The maximum absolute atomic E-state index is 12.3. The first-order valence-electron chi connectivity index (χ1n) is 5.63. The number of ketones is 1. The summed E-state index contributed by atoms with van der Waals surface area (Å²) in [6, 6.07) is 14.6. The lowest BCUT2D eigenvalue weighted by molar-refractivity contribution is 0.101. The molecular formula is C15H8ClIO2. The second-order valence-electron chi connectivity index (χ2n) is 4.11. The normalized spacial score (nSPS) is 10.8. The lowest BCUT2D eigenvalue weighted by atomic mass is 10.1. The molecule has 0 unspecified atom stereocenters. The zero-order chi connectivity index (χ0) is 13.4. The smallest absolute Gasteiger partial charge is 0.228 e. The first-order valence-corrected chi connectivity index (χ1v) is 7.09. The Morgan fingerprint density at radius 1 is 1.11 bits per heavy atom. The average Bonchev–Trinajstić information content (AvgIpc) is 2.83. The van der Waals surface area contributed by atoms with Crippen molar-refractivity contribution in [2.45, 2.75) is 0 Å². The maximum atomic E-state index is 12.3. The van der Waals surface area contributed by atoms with Crippen molar-refractivity contribution in [2.24, 2.45) is 0 Å². The zero-order valence-corrected chi connectivity index (χ0v) is 12.6. The van der Waals surface area contributed by atoms with Crippen LogP contribution < -0.4 is 0 Å². The van der Waals surface area contributed by atoms with E-state index in [4.69, 9.17) is 16.0 Å². The van der Waals surface area contributed by atoms with Crippen molar-refractivity contribution in [3.63, 3.8) is 0 Å². The van der Waals surface area contributed by atoms with Crippen molar-refractivity contribution in [3.8, 4) is 0 Å². The molecule has 1 heterocycles. The Morgan fingerprint density at radius 3 is 2.63 bits per heavy atom. The third kappa shape index (κ3) is 2.40. The quantitative estimate of drug-likeness (QED) is 0.465. The van der Waals surface area contributed by atoms with Crippen LogP contribution in [0.25, 0.3) is 11.0 Å². The Kier molecular flexibility index (Phi) is 3.33. The van der Waals surface area contributed by atoms with Gasteiger partial charge in [-0.1, -0.05) is 35.9 Å². The molecule has 94 valence electrons. The number of carbonyl (C=O) groups is 1. The topological polar surface area (TPSA) is 30.2 Å². The van der Waals surface area contributed by atoms with Crippen LogP contribution >= 0.6 is 34.2 Å². The van der Waals surface area contributed by atoms with Crippen LogP contribution in [0, 0.1) is 3.57 Å². The van der Waals surface area contributed by atoms with Crippen molar-refractivity contribution in [1.29, 1.82) is 0 Å². The molecule has 0 bridgehead atoms. The maximum Gasteiger partial charge on any atom is 0.228 e. The Morgan fingerprint density at radius 2 is 1.89 bits per heavy atom. The summed E-state index contributed by atoms with van der Waals surface area (Å²) < 4.78 is 6.58. The van der Waals surface area contributed by atoms with E-state index >= 15 is 0 Å². The number of furan rings is 1. The molecule has 0 N–H and O–H groups in total. The van der Waals surface area contributed by atoms with Crippen LogP contribution in [0.1, 0.15) is 16.1 Å². The number of carbonyl (C=O) groups excluding carboxylic acids is 1. The molecule has 1 aromatic heterocycles. The van der Waals surface area contributed by atoms with Crippen LogP contribution in [0.2, 0.25) is 5.02 Å². The van der Waals surface area contributed by atoms with Gasteiger partial charge in [0.25, 0.3) is 0 Å². The highest BCUT2D eigenvalue weighted by Gasteiger charge is 2.15. The summed E-state index contributed by atoms with van der Waals surface area (Å²) in [5.41, 5.74) is 1.17. The summed E-state index contributed by atoms with van der Waals surface area (Å²) in [5, 5.41) is 1.35. The zero-order valence-electron chi connectivity index (χ0n) is 9.69. The fourth-order valence-corrected chi connectivity index (χ4v) is 2.67. The van der Waals surface area contributed by atoms with E-state index in [1.807, 2.05) is 30.3 Å². The van der Waals surface area contributed by atoms with E-state index in [-0.39, 0.29) is 5.78 Å². The average molecular weight is 383 g/mol. The highest BCUT2D eigenvalue weighted by molar-refractivity contribution is 14.1. The monoisotopic (exact) mass is 382 g/mol. The van der Waals surface area contributed by atoms with E-state index < -0.39 is 0 Å². The van der Waals surface area contributed by atoms with Gasteiger partial charge < -0.3 is 4.42 Å². The van der Waals surface area contributed by atoms with E-state index in [2.05, 4.69) is 22.6 Å². The SMILES string of the molecule is O=C(c1cccc(I)c1)c1cc2cccc(Cl)c2o1. The van der Waals surface area contributed by atoms with Crippen LogP contribution in [0.3, 0.4) is 0 Å². The van der Waals surface area contributed by atoms with E-state index in [0.717, 1.165) is 8.96 Å². The minimum Gasteiger partial charge on any atom is -0.451 e. The molecule has 19 heavy (non-hydrogen) atoms. The number of hydrogen-bond donors (Lipinski definition) is 0. The lowest BCUT2D eigenvalue weighted by Crippen LogP contribution is -1.99. The molecule has 0 radical (unpaired) electrons. The Bertz CT molecular complexity index is 777. The van der Waals surface area contributed by atoms with Gasteiger partial charge in [-0.25, -0.2) is 0 Å². The molecule has 0 aliphatic carbocycles. The summed E-state index contributed by atoms with van der Waals surface area (Å²) in [6.07, 6.45) is 0. The molecule has 2 aromatic carbocycles. The van der Waals surface area contributed by atoms with Crippen LogP contribution in [-0.2, 0) is 0 Å². The van der Waals surface area contributed by atoms with Crippen LogP contribution in [0.15, 0.2) is 52.9 Å². The van der Waals surface area contributed by atoms with E-state index in [1.54, 1.807) is 18.2 Å². The Labute approximate surface area is 128 Å². The van der Waals surface area contributed by atoms with Gasteiger partial charge in [-0.2, -0.15) is 0 Å². The molecule has 0 saturated heterocycles. The van der Waals surface area contributed by atoms with E-state index in [9.17, 15) is 4.79 Å². The molecular weight excluding hydrogens is 375 g/mol. The van der Waals surface area contributed by atoms with Gasteiger partial charge in [0.05, 0.1) is 5.02 Å². The first kappa shape index (κ1) is 12.7. The lowest BCUT2D eigenvalue weighted by Gasteiger charge is -1.98. The standard InChI is InChI=1S/C15H8ClIO2/c16-12-6-2-4-10-8-13(19-15(10)12)14(18)9-3-1-5-11(17)7-9/h1-8H. The van der Waals surface area contributed by atoms with Gasteiger partial charge >= 0.3 is 0 Å². The van der Waals surface area contributed by atoms with Gasteiger partial charge in [-0.05, 0) is 46.9 Å². The first-order chi connectivity index (χ1) is 9.15. The summed E-state index contributed by atoms with van der Waals surface area (Å²) in [5.74, 6) is 0.177. The highest BCUT2D eigenvalue weighted by Crippen LogP contribution is 2.27. The molecule has 0 atom stereocenters. The molecule has 0 saturated carbocycles. The number of rotatable bonds is 2. The van der Waals surface area contributed by atoms with Crippen LogP contribution in [-0.4, -0.2) is 5.78 Å². The third-order valence-electron chi connectivity index (χ3n) is 2.81. The van der Waals surface area contributed by atoms with Crippen LogP contribution in [0.4, 0.5) is 0 Å². The summed E-state index contributed by atoms with van der Waals surface area (Å²) in [7, 11) is 0. The van der Waals surface area contributed by atoms with E-state index in [0.29, 0.717) is 21.9 Å². The fourth-order valence-electron chi connectivity index (χ4n) is 1.91. The summed E-state index contributed by atoms with van der Waals surface area (Å²) in [4.78, 5) is 12.3. The predicted octanol–water partition coefficient (Wildman–Crippen LogP) is 4.92. The van der Waals surface area contributed by atoms with Crippen molar-refractivity contribution in [2.75, 3.05) is 0 Å². The largest absolute Gasteiger partial charge is 0.451 e. The minimum absolute atomic E-state index is 0.134. The second kappa shape index (κ2) is 4.98. The molecule has 2 nitrogen and oxygen atoms in total. The number of fused-ring (bicyclic) bond motifs is 1. The van der Waals surface area contributed by atoms with Gasteiger partial charge in [-0.3, -0.25) is 4.79 Å². The van der Waals surface area contributed by atoms with Gasteiger partial charge in [0.2, 0.25) is 5.78 Å². The molecule has 4 heteroatoms. The number of para-hydroxylation sites is 1. The molecule has 0 fully saturated rings. The number of benzene rings is 2. The van der Waals surface area contributed by atoms with Gasteiger partial charge in [0.15, 0.2) is 11.3 Å². The van der Waals surface area contributed by atoms with Gasteiger partial charge in [0.1, 0.15) is 0 Å². The van der Waals surface area contributed by atoms with Gasteiger partial charge in [0, 0.05) is 14.5 Å². The Hall–Kier alpha value is -1.33. The highest BCUT2D eigenvalue weighted by atomic mass is 127. The van der Waals surface area contributed by atoms with Crippen molar-refractivity contribution >= 4 is 50.9 Å². The summed E-state index contributed by atoms with van der Waals surface area (Å²) in [6.45, 7) is 0. The fraction of sp³-hybridized carbons (Fsp3) is 0. The molecule has 3 rings (SSSR count). The van der Waals surface area contributed by atoms with Crippen molar-refractivity contribution in [3.05, 3.63) is 68.4 Å². The molecule has 0 spiro atoms. The Balaban J connectivity index is 2.09. The number of hydrogen-bond acceptors (Lipinski definition) is 2. The van der Waals surface area contributed by atoms with Gasteiger partial charge in [-0.15, -0.1) is 0 Å². The predicted molar refractivity (Wildman–Crippen MR) is 83.8 cm³/mol. The van der Waals surface area contributed by atoms with Crippen molar-refractivity contribution < 1.29 is 9.21 Å². The molecule has 3 aromatic rings. The van der Waals surface area contributed by atoms with Crippen LogP contribution in [0.5, 0.6) is 0 Å². The number of halogens is 2. The third-order valence-corrected chi connectivity index (χ3v) is 3.78. The molecule has 0 aliphatic rings. The summed E-state index contributed by atoms with van der Waals surface area (Å²) >= 11 is 8.21. The minimum atomic E-state index is -0.134. The second-order valence-corrected chi connectivity index (χ2v) is 5.76. The van der Waals surface area contributed by atoms with E-state index in [1.165, 1.54) is 0 Å². The van der Waals surface area contributed by atoms with Crippen molar-refractivity contribution in [1.82, 2.24) is 0 Å².